The minimum Gasteiger partial charge on any atom is -0.462 e. The highest BCUT2D eigenvalue weighted by molar-refractivity contribution is 7.17. The zero-order valence-corrected chi connectivity index (χ0v) is 16.2. The number of nitrogens with one attached hydrogen (secondary N) is 2. The van der Waals surface area contributed by atoms with E-state index in [9.17, 15) is 14.4 Å². The average molecular weight is 371 g/mol. The summed E-state index contributed by atoms with van der Waals surface area (Å²) in [5, 5.41) is 5.50. The number of amides is 2. The number of thiazole rings is 1. The Kier molecular flexibility index (Phi) is 7.35. The van der Waals surface area contributed by atoms with Crippen LogP contribution in [0, 0.1) is 12.8 Å². The largest absolute Gasteiger partial charge is 0.462 e. The van der Waals surface area contributed by atoms with Gasteiger partial charge < -0.3 is 20.1 Å². The van der Waals surface area contributed by atoms with Crippen LogP contribution in [0.5, 0.6) is 0 Å². The molecule has 2 N–H and O–H groups in total. The Morgan fingerprint density at radius 2 is 1.92 bits per heavy atom. The summed E-state index contributed by atoms with van der Waals surface area (Å²) in [6.07, 6.45) is -0.582. The molecule has 0 aliphatic carbocycles. The van der Waals surface area contributed by atoms with Crippen LogP contribution in [0.2, 0.25) is 0 Å². The van der Waals surface area contributed by atoms with E-state index in [-0.39, 0.29) is 19.1 Å². The van der Waals surface area contributed by atoms with Gasteiger partial charge in [-0.1, -0.05) is 18.3 Å². The number of carbonyl (C=O) groups is 3. The standard InChI is InChI=1S/C16H25N3O5S/c1-7-23-13(21)11-10(3)18-14(25-11)19-12(20)9(2)8-17-15(22)24-16(4,5)6/h9H,7-8H2,1-6H3,(H,17,22)(H,18,19,20). The molecule has 0 saturated heterocycles. The van der Waals surface area contributed by atoms with E-state index in [1.165, 1.54) is 0 Å². The van der Waals surface area contributed by atoms with Crippen molar-refractivity contribution in [1.29, 1.82) is 0 Å². The van der Waals surface area contributed by atoms with Gasteiger partial charge >= 0.3 is 12.1 Å². The lowest BCUT2D eigenvalue weighted by Crippen LogP contribution is -2.37. The molecule has 0 radical (unpaired) electrons. The molecule has 0 aromatic carbocycles. The molecular weight excluding hydrogens is 346 g/mol. The molecule has 0 aliphatic heterocycles. The number of rotatable bonds is 6. The maximum Gasteiger partial charge on any atom is 0.407 e. The van der Waals surface area contributed by atoms with Crippen LogP contribution in [0.15, 0.2) is 0 Å². The molecular formula is C16H25N3O5S. The van der Waals surface area contributed by atoms with E-state index in [0.29, 0.717) is 15.7 Å². The zero-order chi connectivity index (χ0) is 19.2. The van der Waals surface area contributed by atoms with Gasteiger partial charge in [0, 0.05) is 6.54 Å². The molecule has 1 aromatic heterocycles. The number of anilines is 1. The summed E-state index contributed by atoms with van der Waals surface area (Å²) in [5.74, 6) is -1.28. The van der Waals surface area contributed by atoms with Gasteiger partial charge in [-0.2, -0.15) is 0 Å². The van der Waals surface area contributed by atoms with Crippen LogP contribution in [0.4, 0.5) is 9.93 Å². The van der Waals surface area contributed by atoms with Crippen molar-refractivity contribution < 1.29 is 23.9 Å². The molecule has 0 fully saturated rings. The quantitative estimate of drug-likeness (QED) is 0.745. The van der Waals surface area contributed by atoms with Crippen LogP contribution in [-0.4, -0.2) is 41.7 Å². The average Bonchev–Trinajstić information content (AvgIpc) is 2.83. The number of nitrogens with zero attached hydrogens (tertiary/aromatic N) is 1. The van der Waals surface area contributed by atoms with Crippen LogP contribution in [0.1, 0.15) is 50.0 Å². The first-order valence-electron chi connectivity index (χ1n) is 7.95. The van der Waals surface area contributed by atoms with Crippen molar-refractivity contribution in [2.75, 3.05) is 18.5 Å². The second kappa shape index (κ2) is 8.80. The Bertz CT molecular complexity index is 636. The van der Waals surface area contributed by atoms with Crippen molar-refractivity contribution in [3.05, 3.63) is 10.6 Å². The Morgan fingerprint density at radius 1 is 1.28 bits per heavy atom. The predicted octanol–water partition coefficient (Wildman–Crippen LogP) is 2.73. The second-order valence-corrected chi connectivity index (χ2v) is 7.43. The number of aryl methyl sites for hydroxylation is 1. The van der Waals surface area contributed by atoms with Crippen LogP contribution in [0.25, 0.3) is 0 Å². The highest BCUT2D eigenvalue weighted by Crippen LogP contribution is 2.23. The van der Waals surface area contributed by atoms with Gasteiger partial charge in [0.05, 0.1) is 18.2 Å². The summed E-state index contributed by atoms with van der Waals surface area (Å²) in [6.45, 7) is 10.7. The third-order valence-corrected chi connectivity index (χ3v) is 3.94. The van der Waals surface area contributed by atoms with Crippen LogP contribution in [0.3, 0.4) is 0 Å². The molecule has 25 heavy (non-hydrogen) atoms. The molecule has 1 atom stereocenters. The molecule has 1 rings (SSSR count). The molecule has 0 spiro atoms. The first-order valence-corrected chi connectivity index (χ1v) is 8.77. The van der Waals surface area contributed by atoms with Crippen molar-refractivity contribution in [2.45, 2.75) is 47.1 Å². The fourth-order valence-electron chi connectivity index (χ4n) is 1.71. The van der Waals surface area contributed by atoms with E-state index in [4.69, 9.17) is 9.47 Å². The van der Waals surface area contributed by atoms with Crippen molar-refractivity contribution in [3.63, 3.8) is 0 Å². The van der Waals surface area contributed by atoms with E-state index >= 15 is 0 Å². The van der Waals surface area contributed by atoms with Crippen molar-refractivity contribution >= 4 is 34.4 Å². The van der Waals surface area contributed by atoms with Gasteiger partial charge in [0.2, 0.25) is 5.91 Å². The Hall–Kier alpha value is -2.16. The highest BCUT2D eigenvalue weighted by Gasteiger charge is 2.21. The van der Waals surface area contributed by atoms with Crippen LogP contribution < -0.4 is 10.6 Å². The third-order valence-electron chi connectivity index (χ3n) is 2.89. The summed E-state index contributed by atoms with van der Waals surface area (Å²) in [5.41, 5.74) is -0.101. The normalized spacial score (nSPS) is 12.2. The van der Waals surface area contributed by atoms with Gasteiger partial charge in [0.1, 0.15) is 10.5 Å². The first-order chi connectivity index (χ1) is 11.5. The summed E-state index contributed by atoms with van der Waals surface area (Å²) < 4.78 is 10.0. The third kappa shape index (κ3) is 7.08. The monoisotopic (exact) mass is 371 g/mol. The van der Waals surface area contributed by atoms with Crippen LogP contribution >= 0.6 is 11.3 Å². The molecule has 1 aromatic rings. The number of hydrogen-bond donors (Lipinski definition) is 2. The number of hydrogen-bond acceptors (Lipinski definition) is 7. The summed E-state index contributed by atoms with van der Waals surface area (Å²) in [7, 11) is 0. The van der Waals surface area contributed by atoms with Crippen molar-refractivity contribution in [3.8, 4) is 0 Å². The van der Waals surface area contributed by atoms with Gasteiger partial charge in [-0.25, -0.2) is 14.6 Å². The summed E-state index contributed by atoms with van der Waals surface area (Å²) in [6, 6.07) is 0. The van der Waals surface area contributed by atoms with E-state index in [2.05, 4.69) is 15.6 Å². The van der Waals surface area contributed by atoms with Gasteiger partial charge in [-0.15, -0.1) is 0 Å². The minimum atomic E-state index is -0.600. The predicted molar refractivity (Wildman–Crippen MR) is 94.8 cm³/mol. The highest BCUT2D eigenvalue weighted by atomic mass is 32.1. The minimum absolute atomic E-state index is 0.121. The first kappa shape index (κ1) is 20.9. The molecule has 8 nitrogen and oxygen atoms in total. The molecule has 0 saturated carbocycles. The SMILES string of the molecule is CCOC(=O)c1sc(NC(=O)C(C)CNC(=O)OC(C)(C)C)nc1C. The number of esters is 1. The topological polar surface area (TPSA) is 107 Å². The van der Waals surface area contributed by atoms with Gasteiger partial charge in [0.25, 0.3) is 0 Å². The Balaban J connectivity index is 2.57. The molecule has 1 heterocycles. The summed E-state index contributed by atoms with van der Waals surface area (Å²) in [4.78, 5) is 40.1. The second-order valence-electron chi connectivity index (χ2n) is 6.43. The summed E-state index contributed by atoms with van der Waals surface area (Å²) >= 11 is 1.06. The fraction of sp³-hybridized carbons (Fsp3) is 0.625. The lowest BCUT2D eigenvalue weighted by atomic mass is 10.1. The van der Waals surface area contributed by atoms with Crippen molar-refractivity contribution in [1.82, 2.24) is 10.3 Å². The van der Waals surface area contributed by atoms with E-state index < -0.39 is 23.6 Å². The lowest BCUT2D eigenvalue weighted by Gasteiger charge is -2.20. The molecule has 0 bridgehead atoms. The van der Waals surface area contributed by atoms with Crippen LogP contribution in [-0.2, 0) is 14.3 Å². The zero-order valence-electron chi connectivity index (χ0n) is 15.4. The van der Waals surface area contributed by atoms with Gasteiger partial charge in [-0.05, 0) is 34.6 Å². The van der Waals surface area contributed by atoms with E-state index in [1.807, 2.05) is 0 Å². The molecule has 9 heteroatoms. The van der Waals surface area contributed by atoms with Crippen molar-refractivity contribution in [2.24, 2.45) is 5.92 Å². The molecule has 140 valence electrons. The smallest absolute Gasteiger partial charge is 0.407 e. The fourth-order valence-corrected chi connectivity index (χ4v) is 2.57. The van der Waals surface area contributed by atoms with Gasteiger partial charge in [-0.3, -0.25) is 4.79 Å². The number of ether oxygens (including phenoxy) is 2. The molecule has 1 unspecified atom stereocenters. The maximum absolute atomic E-state index is 12.2. The van der Waals surface area contributed by atoms with E-state index in [1.54, 1.807) is 41.5 Å². The number of carbonyl (C=O) groups excluding carboxylic acids is 3. The maximum atomic E-state index is 12.2. The Morgan fingerprint density at radius 3 is 2.48 bits per heavy atom. The van der Waals surface area contributed by atoms with Gasteiger partial charge in [0.15, 0.2) is 5.13 Å². The number of aromatic nitrogens is 1. The molecule has 0 aliphatic rings. The molecule has 2 amide bonds. The Labute approximate surface area is 151 Å². The van der Waals surface area contributed by atoms with E-state index in [0.717, 1.165) is 11.3 Å². The number of alkyl carbamates (subject to hydrolysis) is 1. The lowest BCUT2D eigenvalue weighted by molar-refractivity contribution is -0.119.